The zero-order chi connectivity index (χ0) is 26.6. The lowest BCUT2D eigenvalue weighted by Gasteiger charge is -2.28. The van der Waals surface area contributed by atoms with Crippen LogP contribution in [0.2, 0.25) is 0 Å². The molecule has 1 aliphatic rings. The minimum Gasteiger partial charge on any atom is -0.445 e. The first-order valence-corrected chi connectivity index (χ1v) is 13.7. The number of carbonyl (C=O) groups excluding carboxylic acids is 1. The first-order chi connectivity index (χ1) is 17.6. The average molecular weight is 534 g/mol. The van der Waals surface area contributed by atoms with Crippen molar-refractivity contribution in [2.75, 3.05) is 12.9 Å². The van der Waals surface area contributed by atoms with E-state index in [0.717, 1.165) is 35.9 Å². The second kappa shape index (κ2) is 11.0. The zero-order valence-corrected chi connectivity index (χ0v) is 21.3. The number of nitrogens with one attached hydrogen (secondary N) is 1. The van der Waals surface area contributed by atoms with Crippen molar-refractivity contribution in [3.8, 4) is 22.6 Å². The molecule has 0 spiro atoms. The molecule has 12 heteroatoms. The molecule has 1 amide bonds. The summed E-state index contributed by atoms with van der Waals surface area (Å²) in [5.41, 5.74) is 2.90. The van der Waals surface area contributed by atoms with Crippen LogP contribution in [0, 0.1) is 5.82 Å². The van der Waals surface area contributed by atoms with E-state index < -0.39 is 38.2 Å². The van der Waals surface area contributed by atoms with Gasteiger partial charge in [-0.1, -0.05) is 12.1 Å². The van der Waals surface area contributed by atoms with Crippen molar-refractivity contribution in [1.29, 1.82) is 0 Å². The van der Waals surface area contributed by atoms with Crippen LogP contribution in [0.15, 0.2) is 58.2 Å². The van der Waals surface area contributed by atoms with Crippen LogP contribution in [0.4, 0.5) is 4.39 Å². The fourth-order valence-corrected chi connectivity index (χ4v) is 4.77. The Morgan fingerprint density at radius 3 is 2.62 bits per heavy atom. The van der Waals surface area contributed by atoms with Crippen LogP contribution in [0.1, 0.15) is 32.6 Å². The number of hydrogen-bond acceptors (Lipinski definition) is 8. The number of ether oxygens (including phenoxy) is 1. The van der Waals surface area contributed by atoms with E-state index in [-0.39, 0.29) is 18.5 Å². The van der Waals surface area contributed by atoms with Gasteiger partial charge in [0, 0.05) is 49.2 Å². The number of halogens is 1. The Labute approximate surface area is 213 Å². The maximum absolute atomic E-state index is 15.0. The summed E-state index contributed by atoms with van der Waals surface area (Å²) >= 11 is 0. The number of carbonyl (C=O) groups is 1. The molecule has 198 valence electrons. The Morgan fingerprint density at radius 1 is 1.27 bits per heavy atom. The highest BCUT2D eigenvalue weighted by Gasteiger charge is 2.44. The summed E-state index contributed by atoms with van der Waals surface area (Å²) in [6.45, 7) is 1.52. The normalized spacial score (nSPS) is 17.8. The summed E-state index contributed by atoms with van der Waals surface area (Å²) in [4.78, 5) is 34.9. The van der Waals surface area contributed by atoms with Crippen molar-refractivity contribution >= 4 is 15.7 Å². The molecule has 0 aliphatic carbocycles. The van der Waals surface area contributed by atoms with Gasteiger partial charge in [-0.25, -0.2) is 28.1 Å². The SMILES string of the molecule is C[C@@](CCn1cc(F)c(-c2ccc(-c3ncco3)cc2)cc1=O)(C(=O)NOC1CCCCO1)S(C)(=O)=O. The van der Waals surface area contributed by atoms with Crippen molar-refractivity contribution in [2.24, 2.45) is 0 Å². The maximum Gasteiger partial charge on any atom is 0.264 e. The van der Waals surface area contributed by atoms with Gasteiger partial charge in [0.2, 0.25) is 5.89 Å². The van der Waals surface area contributed by atoms with Crippen molar-refractivity contribution in [2.45, 2.75) is 50.2 Å². The van der Waals surface area contributed by atoms with E-state index in [4.69, 9.17) is 14.0 Å². The molecule has 37 heavy (non-hydrogen) atoms. The number of aryl methyl sites for hydroxylation is 1. The number of sulfone groups is 1. The van der Waals surface area contributed by atoms with Crippen molar-refractivity contribution in [3.63, 3.8) is 0 Å². The largest absolute Gasteiger partial charge is 0.445 e. The molecule has 4 rings (SSSR count). The van der Waals surface area contributed by atoms with Crippen LogP contribution < -0.4 is 11.0 Å². The quantitative estimate of drug-likeness (QED) is 0.416. The van der Waals surface area contributed by atoms with Crippen LogP contribution in [-0.2, 0) is 30.8 Å². The molecule has 3 heterocycles. The monoisotopic (exact) mass is 533 g/mol. The van der Waals surface area contributed by atoms with Gasteiger partial charge >= 0.3 is 0 Å². The van der Waals surface area contributed by atoms with Crippen LogP contribution >= 0.6 is 0 Å². The summed E-state index contributed by atoms with van der Waals surface area (Å²) in [5.74, 6) is -1.15. The minimum atomic E-state index is -3.94. The lowest BCUT2D eigenvalue weighted by molar-refractivity contribution is -0.201. The summed E-state index contributed by atoms with van der Waals surface area (Å²) in [6, 6.07) is 7.81. The highest BCUT2D eigenvalue weighted by atomic mass is 32.2. The number of hydroxylamine groups is 1. The van der Waals surface area contributed by atoms with Crippen LogP contribution in [0.3, 0.4) is 0 Å². The number of nitrogens with zero attached hydrogens (tertiary/aromatic N) is 2. The van der Waals surface area contributed by atoms with Gasteiger partial charge in [0.05, 0.1) is 6.20 Å². The van der Waals surface area contributed by atoms with Crippen LogP contribution in [-0.4, -0.2) is 47.8 Å². The smallest absolute Gasteiger partial charge is 0.264 e. The van der Waals surface area contributed by atoms with Gasteiger partial charge < -0.3 is 13.7 Å². The molecule has 0 bridgehead atoms. The molecule has 3 aromatic rings. The summed E-state index contributed by atoms with van der Waals surface area (Å²) in [5, 5.41) is 0. The summed E-state index contributed by atoms with van der Waals surface area (Å²) in [7, 11) is -3.94. The van der Waals surface area contributed by atoms with Crippen molar-refractivity contribution in [3.05, 3.63) is 65.2 Å². The van der Waals surface area contributed by atoms with E-state index in [0.29, 0.717) is 30.0 Å². The van der Waals surface area contributed by atoms with Gasteiger partial charge in [-0.05, 0) is 43.9 Å². The summed E-state index contributed by atoms with van der Waals surface area (Å²) in [6.07, 6.45) is 6.26. The number of aromatic nitrogens is 2. The number of pyridine rings is 1. The molecule has 10 nitrogen and oxygen atoms in total. The van der Waals surface area contributed by atoms with Gasteiger partial charge in [-0.15, -0.1) is 0 Å². The van der Waals surface area contributed by atoms with E-state index in [9.17, 15) is 18.0 Å². The van der Waals surface area contributed by atoms with E-state index >= 15 is 4.39 Å². The van der Waals surface area contributed by atoms with Gasteiger partial charge in [-0.3, -0.25) is 9.59 Å². The standard InChI is InChI=1S/C25H28FN3O7S/c1-25(37(2,32)33,24(31)28-36-22-5-3-4-13-34-22)10-12-29-16-20(26)19(15-21(29)30)17-6-8-18(9-7-17)23-27-11-14-35-23/h6-9,11,14-16,22H,3-5,10,12-13H2,1-2H3,(H,28,31)/t22?,25-/m1/s1. The first kappa shape index (κ1) is 26.7. The second-order valence-electron chi connectivity index (χ2n) is 9.08. The number of oxazole rings is 1. The molecule has 1 fully saturated rings. The number of hydrogen-bond donors (Lipinski definition) is 1. The first-order valence-electron chi connectivity index (χ1n) is 11.8. The Kier molecular flexibility index (Phi) is 7.90. The average Bonchev–Trinajstić information content (AvgIpc) is 3.42. The number of rotatable bonds is 9. The van der Waals surface area contributed by atoms with E-state index in [1.54, 1.807) is 24.3 Å². The molecule has 1 aliphatic heterocycles. The molecule has 1 N–H and O–H groups in total. The maximum atomic E-state index is 15.0. The summed E-state index contributed by atoms with van der Waals surface area (Å²) < 4.78 is 49.8. The minimum absolute atomic E-state index is 0.0877. The zero-order valence-electron chi connectivity index (χ0n) is 20.5. The predicted molar refractivity (Wildman–Crippen MR) is 132 cm³/mol. The fraction of sp³-hybridized carbons (Fsp3) is 0.400. The Hall–Kier alpha value is -3.35. The van der Waals surface area contributed by atoms with E-state index in [1.165, 1.54) is 19.4 Å². The lowest BCUT2D eigenvalue weighted by atomic mass is 10.0. The van der Waals surface area contributed by atoms with Gasteiger partial charge in [0.1, 0.15) is 12.1 Å². The third-order valence-electron chi connectivity index (χ3n) is 6.50. The highest BCUT2D eigenvalue weighted by molar-refractivity contribution is 7.92. The van der Waals surface area contributed by atoms with E-state index in [2.05, 4.69) is 10.5 Å². The fourth-order valence-electron chi connectivity index (χ4n) is 3.93. The van der Waals surface area contributed by atoms with E-state index in [1.807, 2.05) is 0 Å². The van der Waals surface area contributed by atoms with Gasteiger partial charge in [0.25, 0.3) is 11.5 Å². The lowest BCUT2D eigenvalue weighted by Crippen LogP contribution is -2.51. The van der Waals surface area contributed by atoms with Crippen LogP contribution in [0.5, 0.6) is 0 Å². The molecule has 0 radical (unpaired) electrons. The molecule has 1 aromatic carbocycles. The van der Waals surface area contributed by atoms with Gasteiger partial charge in [-0.2, -0.15) is 0 Å². The predicted octanol–water partition coefficient (Wildman–Crippen LogP) is 3.08. The molecular formula is C25H28FN3O7S. The topological polar surface area (TPSA) is 130 Å². The second-order valence-corrected chi connectivity index (χ2v) is 11.5. The molecule has 1 unspecified atom stereocenters. The Morgan fingerprint density at radius 2 is 2.00 bits per heavy atom. The van der Waals surface area contributed by atoms with Gasteiger partial charge in [0.15, 0.2) is 20.9 Å². The molecule has 0 saturated carbocycles. The third-order valence-corrected chi connectivity index (χ3v) is 8.53. The molecule has 1 saturated heterocycles. The Balaban J connectivity index is 1.49. The molecule has 2 atom stereocenters. The number of benzene rings is 1. The molecule has 2 aromatic heterocycles. The highest BCUT2D eigenvalue weighted by Crippen LogP contribution is 2.26. The van der Waals surface area contributed by atoms with Crippen molar-refractivity contribution < 1.29 is 31.6 Å². The third kappa shape index (κ3) is 5.97. The van der Waals surface area contributed by atoms with Crippen molar-refractivity contribution in [1.82, 2.24) is 15.0 Å². The Bertz CT molecular complexity index is 1400. The van der Waals surface area contributed by atoms with Crippen LogP contribution in [0.25, 0.3) is 22.6 Å². The number of amides is 1. The molecular weight excluding hydrogens is 505 g/mol.